The lowest BCUT2D eigenvalue weighted by Crippen LogP contribution is -2.48. The van der Waals surface area contributed by atoms with Crippen LogP contribution in [0.3, 0.4) is 0 Å². The Kier molecular flexibility index (Phi) is 11.2. The molecule has 1 saturated carbocycles. The molecule has 13 nitrogen and oxygen atoms in total. The van der Waals surface area contributed by atoms with Crippen LogP contribution in [0.4, 0.5) is 10.5 Å². The summed E-state index contributed by atoms with van der Waals surface area (Å²) in [5, 5.41) is 32.2. The van der Waals surface area contributed by atoms with Crippen LogP contribution in [0.15, 0.2) is 66.7 Å². The Morgan fingerprint density at radius 3 is 2.24 bits per heavy atom. The maximum absolute atomic E-state index is 13.7. The van der Waals surface area contributed by atoms with E-state index in [-0.39, 0.29) is 35.6 Å². The van der Waals surface area contributed by atoms with Crippen molar-refractivity contribution >= 4 is 29.6 Å². The quantitative estimate of drug-likeness (QED) is 0.135. The van der Waals surface area contributed by atoms with E-state index in [2.05, 4.69) is 36.6 Å². The fourth-order valence-corrected chi connectivity index (χ4v) is 6.01. The van der Waals surface area contributed by atoms with Gasteiger partial charge in [0.05, 0.1) is 5.56 Å². The number of ether oxygens (including phenoxy) is 1. The zero-order valence-corrected chi connectivity index (χ0v) is 28.7. The summed E-state index contributed by atoms with van der Waals surface area (Å²) in [6, 6.07) is 18.7. The van der Waals surface area contributed by atoms with Crippen LogP contribution in [0.25, 0.3) is 22.5 Å². The summed E-state index contributed by atoms with van der Waals surface area (Å²) in [7, 11) is 0. The van der Waals surface area contributed by atoms with E-state index in [0.29, 0.717) is 30.9 Å². The molecule has 0 spiro atoms. The molecule has 5 N–H and O–H groups in total. The third-order valence-corrected chi connectivity index (χ3v) is 8.73. The summed E-state index contributed by atoms with van der Waals surface area (Å²) in [4.78, 5) is 50.9. The van der Waals surface area contributed by atoms with Gasteiger partial charge in [-0.15, -0.1) is 10.2 Å². The van der Waals surface area contributed by atoms with E-state index in [4.69, 9.17) is 4.74 Å². The number of H-pyrrole nitrogens is 1. The molecule has 13 heteroatoms. The number of nitrogens with zero attached hydrogens (tertiary/aromatic N) is 3. The molecule has 1 fully saturated rings. The van der Waals surface area contributed by atoms with Crippen LogP contribution in [0, 0.1) is 18.8 Å². The fourth-order valence-electron chi connectivity index (χ4n) is 6.01. The van der Waals surface area contributed by atoms with Gasteiger partial charge in [0, 0.05) is 30.1 Å². The maximum atomic E-state index is 13.7. The van der Waals surface area contributed by atoms with E-state index in [1.807, 2.05) is 52.0 Å². The van der Waals surface area contributed by atoms with Crippen molar-refractivity contribution in [2.24, 2.45) is 11.8 Å². The van der Waals surface area contributed by atoms with E-state index < -0.39 is 23.7 Å². The molecule has 262 valence electrons. The van der Waals surface area contributed by atoms with Crippen molar-refractivity contribution < 1.29 is 29.0 Å². The van der Waals surface area contributed by atoms with Crippen LogP contribution in [0.1, 0.15) is 67.9 Å². The normalized spacial score (nSPS) is 16.6. The van der Waals surface area contributed by atoms with Gasteiger partial charge in [0.15, 0.2) is 0 Å². The third-order valence-electron chi connectivity index (χ3n) is 8.73. The van der Waals surface area contributed by atoms with Gasteiger partial charge in [-0.1, -0.05) is 30.3 Å². The number of amides is 3. The van der Waals surface area contributed by atoms with Crippen molar-refractivity contribution in [3.63, 3.8) is 0 Å². The van der Waals surface area contributed by atoms with Gasteiger partial charge >= 0.3 is 12.1 Å². The Morgan fingerprint density at radius 1 is 0.940 bits per heavy atom. The van der Waals surface area contributed by atoms with Crippen molar-refractivity contribution in [2.45, 2.75) is 71.4 Å². The highest BCUT2D eigenvalue weighted by atomic mass is 16.6. The first-order valence-corrected chi connectivity index (χ1v) is 16.7. The molecule has 0 bridgehead atoms. The van der Waals surface area contributed by atoms with Crippen molar-refractivity contribution in [2.75, 3.05) is 11.9 Å². The Morgan fingerprint density at radius 2 is 1.62 bits per heavy atom. The number of aromatic nitrogens is 4. The van der Waals surface area contributed by atoms with Crippen molar-refractivity contribution in [3.8, 4) is 22.5 Å². The second-order valence-electron chi connectivity index (χ2n) is 13.7. The first-order chi connectivity index (χ1) is 23.8. The fraction of sp³-hybridized carbons (Fsp3) is 0.378. The number of anilines is 1. The number of aryl methyl sites for hydroxylation is 1. The van der Waals surface area contributed by atoms with E-state index in [1.54, 1.807) is 42.5 Å². The SMILES string of the molecule is Cc1ccc(C(=O)O)cc1-c1ccc(CC(NC(=O)C2CCC(CNC(=O)OC(C)(C)C)CC2)C(=O)Nc2ccc(-c3nn[nH]n3)cc2)cc1. The van der Waals surface area contributed by atoms with Gasteiger partial charge in [-0.05, 0) is 123 Å². The average Bonchev–Trinajstić information content (AvgIpc) is 3.63. The number of hydrogen-bond donors (Lipinski definition) is 5. The molecule has 50 heavy (non-hydrogen) atoms. The molecule has 0 radical (unpaired) electrons. The highest BCUT2D eigenvalue weighted by molar-refractivity contribution is 5.98. The molecule has 1 aliphatic rings. The molecule has 1 atom stereocenters. The van der Waals surface area contributed by atoms with E-state index in [9.17, 15) is 24.3 Å². The molecule has 1 heterocycles. The predicted molar refractivity (Wildman–Crippen MR) is 187 cm³/mol. The van der Waals surface area contributed by atoms with Crippen LogP contribution >= 0.6 is 0 Å². The number of carboxylic acid groups (broad SMARTS) is 1. The highest BCUT2D eigenvalue weighted by Crippen LogP contribution is 2.29. The lowest BCUT2D eigenvalue weighted by molar-refractivity contribution is -0.130. The molecule has 1 aliphatic carbocycles. The lowest BCUT2D eigenvalue weighted by Gasteiger charge is -2.29. The Bertz CT molecular complexity index is 1790. The predicted octanol–water partition coefficient (Wildman–Crippen LogP) is 5.54. The monoisotopic (exact) mass is 681 g/mol. The molecular weight excluding hydrogens is 638 g/mol. The topological polar surface area (TPSA) is 188 Å². The average molecular weight is 682 g/mol. The summed E-state index contributed by atoms with van der Waals surface area (Å²) in [5.74, 6) is -1.15. The minimum Gasteiger partial charge on any atom is -0.478 e. The molecule has 5 rings (SSSR count). The number of hydrogen-bond acceptors (Lipinski definition) is 8. The molecule has 3 aromatic carbocycles. The van der Waals surface area contributed by atoms with Gasteiger partial charge in [0.25, 0.3) is 0 Å². The number of carboxylic acids is 1. The van der Waals surface area contributed by atoms with Crippen LogP contribution in [0.2, 0.25) is 0 Å². The largest absolute Gasteiger partial charge is 0.478 e. The number of aromatic carboxylic acids is 1. The van der Waals surface area contributed by atoms with Crippen molar-refractivity contribution in [3.05, 3.63) is 83.4 Å². The molecule has 0 saturated heterocycles. The standard InChI is InChI=1S/C37H43N7O6/c1-22-5-10-28(35(47)48)20-30(22)25-11-6-23(7-12-25)19-31(34(46)39-29-17-15-26(16-18-29)32-41-43-44-42-32)40-33(45)27-13-8-24(9-14-27)21-38-36(49)50-37(2,3)4/h5-7,10-12,15-18,20,24,27,31H,8-9,13-14,19,21H2,1-4H3,(H,38,49)(H,39,46)(H,40,45)(H,47,48)(H,41,42,43,44). The van der Waals surface area contributed by atoms with Crippen LogP contribution < -0.4 is 16.0 Å². The smallest absolute Gasteiger partial charge is 0.407 e. The zero-order chi connectivity index (χ0) is 35.8. The Hall–Kier alpha value is -5.59. The van der Waals surface area contributed by atoms with E-state index in [0.717, 1.165) is 40.7 Å². The molecule has 4 aromatic rings. The van der Waals surface area contributed by atoms with Crippen molar-refractivity contribution in [1.29, 1.82) is 0 Å². The zero-order valence-electron chi connectivity index (χ0n) is 28.7. The molecule has 1 unspecified atom stereocenters. The summed E-state index contributed by atoms with van der Waals surface area (Å²) in [6.45, 7) is 7.85. The van der Waals surface area contributed by atoms with Crippen LogP contribution in [-0.2, 0) is 20.7 Å². The highest BCUT2D eigenvalue weighted by Gasteiger charge is 2.30. The maximum Gasteiger partial charge on any atom is 0.407 e. The second kappa shape index (κ2) is 15.7. The van der Waals surface area contributed by atoms with Gasteiger partial charge < -0.3 is 25.8 Å². The molecule has 0 aliphatic heterocycles. The number of nitrogens with one attached hydrogen (secondary N) is 4. The molecular formula is C37H43N7O6. The van der Waals surface area contributed by atoms with Gasteiger partial charge in [0.2, 0.25) is 17.6 Å². The first-order valence-electron chi connectivity index (χ1n) is 16.7. The summed E-state index contributed by atoms with van der Waals surface area (Å²) in [6.07, 6.45) is 2.60. The number of carbonyl (C=O) groups is 4. The van der Waals surface area contributed by atoms with Crippen LogP contribution in [-0.4, -0.2) is 67.8 Å². The molecule has 1 aromatic heterocycles. The van der Waals surface area contributed by atoms with Crippen molar-refractivity contribution in [1.82, 2.24) is 31.3 Å². The van der Waals surface area contributed by atoms with Gasteiger partial charge in [-0.25, -0.2) is 9.59 Å². The van der Waals surface area contributed by atoms with E-state index in [1.165, 1.54) is 0 Å². The second-order valence-corrected chi connectivity index (χ2v) is 13.7. The number of rotatable bonds is 11. The van der Waals surface area contributed by atoms with E-state index >= 15 is 0 Å². The number of aromatic amines is 1. The summed E-state index contributed by atoms with van der Waals surface area (Å²) < 4.78 is 5.33. The lowest BCUT2D eigenvalue weighted by atomic mass is 9.81. The first kappa shape index (κ1) is 35.7. The minimum atomic E-state index is -0.997. The Labute approximate surface area is 290 Å². The number of alkyl carbamates (subject to hydrolysis) is 1. The van der Waals surface area contributed by atoms with Gasteiger partial charge in [0.1, 0.15) is 11.6 Å². The minimum absolute atomic E-state index is 0.186. The van der Waals surface area contributed by atoms with Gasteiger partial charge in [-0.3, -0.25) is 9.59 Å². The van der Waals surface area contributed by atoms with Crippen LogP contribution in [0.5, 0.6) is 0 Å². The third kappa shape index (κ3) is 9.74. The summed E-state index contributed by atoms with van der Waals surface area (Å²) >= 11 is 0. The number of tetrazole rings is 1. The number of benzene rings is 3. The number of carbonyl (C=O) groups excluding carboxylic acids is 3. The summed E-state index contributed by atoms with van der Waals surface area (Å²) in [5.41, 5.74) is 4.31. The van der Waals surface area contributed by atoms with Gasteiger partial charge in [-0.2, -0.15) is 5.21 Å². The Balaban J connectivity index is 1.26. The molecule has 3 amide bonds.